The average Bonchev–Trinajstić information content (AvgIpc) is 1.53. The second-order valence-corrected chi connectivity index (χ2v) is 4.55. The Balaban J connectivity index is 2.52. The monoisotopic (exact) mass is 205 g/mol. The van der Waals surface area contributed by atoms with E-state index in [9.17, 15) is 9.13 Å². The van der Waals surface area contributed by atoms with Gasteiger partial charge in [0.05, 0.1) is 0 Å². The fourth-order valence-corrected chi connectivity index (χ4v) is 2.31. The van der Waals surface area contributed by atoms with Crippen molar-refractivity contribution in [1.82, 2.24) is 0 Å². The molecule has 1 heterocycles. The molecule has 1 saturated heterocycles. The van der Waals surface area contributed by atoms with E-state index in [1.54, 1.807) is 0 Å². The molecule has 0 aromatic heterocycles. The largest absolute Gasteiger partial charge is 0.490 e. The van der Waals surface area contributed by atoms with Crippen LogP contribution in [0.5, 0.6) is 0 Å². The number of rotatable bonds is 2. The Morgan fingerprint density at radius 1 is 1.55 bits per heavy atom. The minimum absolute atomic E-state index is 1.24. The Hall–Kier alpha value is 0.220. The topological polar surface area (TPSA) is 128 Å². The van der Waals surface area contributed by atoms with E-state index in [0.717, 1.165) is 0 Å². The van der Waals surface area contributed by atoms with Crippen molar-refractivity contribution >= 4 is 15.6 Å². The minimum atomic E-state index is -4.85. The van der Waals surface area contributed by atoms with Crippen molar-refractivity contribution in [2.24, 2.45) is 5.73 Å². The maximum atomic E-state index is 10.7. The van der Waals surface area contributed by atoms with Crippen LogP contribution in [0.4, 0.5) is 0 Å². The minimum Gasteiger partial charge on any atom is -0.302 e. The molecule has 11 heavy (non-hydrogen) atoms. The lowest BCUT2D eigenvalue weighted by atomic mass is 11.2. The molecule has 0 amide bonds. The van der Waals surface area contributed by atoms with Crippen molar-refractivity contribution in [3.8, 4) is 0 Å². The van der Waals surface area contributed by atoms with Crippen LogP contribution in [0.25, 0.3) is 0 Å². The second kappa shape index (κ2) is 2.62. The lowest BCUT2D eigenvalue weighted by molar-refractivity contribution is -0.111. The van der Waals surface area contributed by atoms with Crippen LogP contribution < -0.4 is 5.73 Å². The van der Waals surface area contributed by atoms with E-state index in [0.29, 0.717) is 0 Å². The predicted molar refractivity (Wildman–Crippen MR) is 30.9 cm³/mol. The number of hydrogen-bond donors (Lipinski definition) is 3. The maximum absolute atomic E-state index is 10.7. The van der Waals surface area contributed by atoms with Gasteiger partial charge in [-0.2, -0.15) is 4.31 Å². The summed E-state index contributed by atoms with van der Waals surface area (Å²) < 4.78 is 32.5. The van der Waals surface area contributed by atoms with Crippen LogP contribution in [-0.2, 0) is 22.5 Å². The van der Waals surface area contributed by atoms with Crippen molar-refractivity contribution in [2.75, 3.05) is 0 Å². The van der Waals surface area contributed by atoms with Crippen molar-refractivity contribution in [3.63, 3.8) is 0 Å². The van der Waals surface area contributed by atoms with Crippen molar-refractivity contribution in [1.29, 1.82) is 0 Å². The molecule has 0 saturated carbocycles. The fourth-order valence-electron chi connectivity index (χ4n) is 0.431. The lowest BCUT2D eigenvalue weighted by Crippen LogP contribution is -2.34. The summed E-state index contributed by atoms with van der Waals surface area (Å²) in [5.74, 6) is 0. The highest BCUT2D eigenvalue weighted by Gasteiger charge is 2.47. The van der Waals surface area contributed by atoms with Crippen LogP contribution in [0, 0.1) is 0 Å². The first-order chi connectivity index (χ1) is 4.81. The van der Waals surface area contributed by atoms with Crippen molar-refractivity contribution < 1.29 is 32.3 Å². The molecular formula is CH5NO7P2. The average molecular weight is 205 g/mol. The molecular weight excluding hydrogens is 200 g/mol. The third-order valence-corrected chi connectivity index (χ3v) is 3.26. The number of phosphoric acid groups is 2. The molecule has 0 aliphatic carbocycles. The Morgan fingerprint density at radius 2 is 2.00 bits per heavy atom. The highest BCUT2D eigenvalue weighted by molar-refractivity contribution is 7.61. The van der Waals surface area contributed by atoms with Gasteiger partial charge < -0.3 is 9.79 Å². The molecule has 4 N–H and O–H groups in total. The van der Waals surface area contributed by atoms with Gasteiger partial charge in [-0.25, -0.2) is 18.2 Å². The van der Waals surface area contributed by atoms with Crippen LogP contribution >= 0.6 is 15.6 Å². The van der Waals surface area contributed by atoms with E-state index >= 15 is 0 Å². The van der Waals surface area contributed by atoms with Crippen LogP contribution in [0.3, 0.4) is 0 Å². The molecule has 0 aromatic rings. The Morgan fingerprint density at radius 3 is 2.27 bits per heavy atom. The van der Waals surface area contributed by atoms with Crippen LogP contribution in [-0.4, -0.2) is 16.2 Å². The summed E-state index contributed by atoms with van der Waals surface area (Å²) in [5, 5.41) is 0. The quantitative estimate of drug-likeness (QED) is 0.514. The molecule has 10 heteroatoms. The zero-order valence-corrected chi connectivity index (χ0v) is 6.77. The van der Waals surface area contributed by atoms with Gasteiger partial charge in [0.1, 0.15) is 0 Å². The molecule has 0 spiro atoms. The SMILES string of the molecule is NC1OP(=O)(OP(=O)(O)O)O1. The van der Waals surface area contributed by atoms with Gasteiger partial charge >= 0.3 is 15.6 Å². The molecule has 0 unspecified atom stereocenters. The van der Waals surface area contributed by atoms with Crippen LogP contribution in [0.1, 0.15) is 0 Å². The number of hydrogen-bond acceptors (Lipinski definition) is 6. The number of nitrogens with two attached hydrogens (primary N) is 1. The van der Waals surface area contributed by atoms with E-state index in [2.05, 4.69) is 13.4 Å². The van der Waals surface area contributed by atoms with Crippen molar-refractivity contribution in [2.45, 2.75) is 6.41 Å². The fraction of sp³-hybridized carbons (Fsp3) is 1.00. The highest BCUT2D eigenvalue weighted by atomic mass is 31.3. The summed E-state index contributed by atoms with van der Waals surface area (Å²) in [5.41, 5.74) is 4.82. The second-order valence-electron chi connectivity index (χ2n) is 1.60. The summed E-state index contributed by atoms with van der Waals surface area (Å²) in [6, 6.07) is 0. The molecule has 0 atom stereocenters. The van der Waals surface area contributed by atoms with E-state index < -0.39 is 22.1 Å². The molecule has 0 aromatic carbocycles. The van der Waals surface area contributed by atoms with E-state index in [1.165, 1.54) is 0 Å². The van der Waals surface area contributed by atoms with Gasteiger partial charge in [0.25, 0.3) is 0 Å². The van der Waals surface area contributed by atoms with Gasteiger partial charge in [0.2, 0.25) is 6.41 Å². The van der Waals surface area contributed by atoms with E-state index in [4.69, 9.17) is 15.5 Å². The Kier molecular flexibility index (Phi) is 2.21. The summed E-state index contributed by atoms with van der Waals surface area (Å²) in [4.78, 5) is 16.2. The summed E-state index contributed by atoms with van der Waals surface area (Å²) >= 11 is 0. The summed E-state index contributed by atoms with van der Waals surface area (Å²) in [6.07, 6.45) is -1.24. The zero-order chi connectivity index (χ0) is 8.70. The predicted octanol–water partition coefficient (Wildman–Crippen LogP) is -0.507. The van der Waals surface area contributed by atoms with Crippen LogP contribution in [0.2, 0.25) is 0 Å². The first-order valence-electron chi connectivity index (χ1n) is 2.30. The Labute approximate surface area is 61.1 Å². The molecule has 1 aliphatic rings. The van der Waals surface area contributed by atoms with E-state index in [-0.39, 0.29) is 0 Å². The number of phosphoric ester groups is 1. The third-order valence-electron chi connectivity index (χ3n) is 0.672. The van der Waals surface area contributed by atoms with Crippen molar-refractivity contribution in [3.05, 3.63) is 0 Å². The first kappa shape index (κ1) is 9.31. The lowest BCUT2D eigenvalue weighted by Gasteiger charge is -2.30. The smallest absolute Gasteiger partial charge is 0.302 e. The molecule has 1 rings (SSSR count). The Bertz CT molecular complexity index is 233. The van der Waals surface area contributed by atoms with Gasteiger partial charge in [-0.3, -0.25) is 5.73 Å². The van der Waals surface area contributed by atoms with E-state index in [1.807, 2.05) is 0 Å². The van der Waals surface area contributed by atoms with Crippen LogP contribution in [0.15, 0.2) is 0 Å². The molecule has 0 radical (unpaired) electrons. The molecule has 66 valence electrons. The maximum Gasteiger partial charge on any atom is 0.490 e. The standard InChI is InChI=1S/CH5NO7P2/c2-1-7-11(6,8-1)9-10(3,4)5/h1H,2H2,(H2,3,4,5). The molecule has 8 nitrogen and oxygen atoms in total. The van der Waals surface area contributed by atoms with Gasteiger partial charge in [0, 0.05) is 0 Å². The summed E-state index contributed by atoms with van der Waals surface area (Å²) in [7, 11) is -8.91. The van der Waals surface area contributed by atoms with Gasteiger partial charge in [0.15, 0.2) is 0 Å². The molecule has 1 aliphatic heterocycles. The van der Waals surface area contributed by atoms with Gasteiger partial charge in [-0.05, 0) is 0 Å². The zero-order valence-electron chi connectivity index (χ0n) is 4.98. The third kappa shape index (κ3) is 2.62. The van der Waals surface area contributed by atoms with Gasteiger partial charge in [-0.15, -0.1) is 0 Å². The molecule has 0 bridgehead atoms. The van der Waals surface area contributed by atoms with Gasteiger partial charge in [-0.1, -0.05) is 0 Å². The first-order valence-corrected chi connectivity index (χ1v) is 5.29. The molecule has 1 fully saturated rings. The highest BCUT2D eigenvalue weighted by Crippen LogP contribution is 2.67. The summed E-state index contributed by atoms with van der Waals surface area (Å²) in [6.45, 7) is 0. The normalized spacial score (nSPS) is 38.3.